The molecule has 8 heterocycles. The van der Waals surface area contributed by atoms with Gasteiger partial charge in [-0.1, -0.05) is 158 Å². The van der Waals surface area contributed by atoms with Crippen molar-refractivity contribution in [3.8, 4) is 33.8 Å². The number of fused-ring (bicyclic) bond motifs is 4. The molecular formula is C79H96BCl6N15O12Si4. The molecule has 12 aromatic rings. The lowest BCUT2D eigenvalue weighted by Crippen LogP contribution is -2.29. The molecule has 620 valence electrons. The van der Waals surface area contributed by atoms with Crippen LogP contribution in [0.15, 0.2) is 171 Å². The number of allylic oxidation sites excluding steroid dienone is 2. The number of nitro benzene ring substituents is 2. The van der Waals surface area contributed by atoms with E-state index in [1.165, 1.54) is 36.4 Å². The van der Waals surface area contributed by atoms with Crippen LogP contribution in [-0.4, -0.2) is 155 Å². The highest BCUT2D eigenvalue weighted by molar-refractivity contribution is 6.77. The fourth-order valence-electron chi connectivity index (χ4n) is 10.7. The molecule has 4 aromatic carbocycles. The van der Waals surface area contributed by atoms with Crippen molar-refractivity contribution in [3.05, 3.63) is 224 Å². The Morgan fingerprint density at radius 1 is 0.462 bits per heavy atom. The van der Waals surface area contributed by atoms with Gasteiger partial charge in [-0.3, -0.25) is 29.8 Å². The number of anilines is 1. The first kappa shape index (κ1) is 95.4. The number of hydrogen-bond donors (Lipinski definition) is 3. The summed E-state index contributed by atoms with van der Waals surface area (Å²) in [6, 6.07) is 39.1. The Morgan fingerprint density at radius 3 is 1.14 bits per heavy atom. The number of non-ortho nitro benzene ring substituents is 2. The van der Waals surface area contributed by atoms with Crippen LogP contribution < -0.4 is 11.2 Å². The average Bonchev–Trinajstić information content (AvgIpc) is 1.70. The van der Waals surface area contributed by atoms with Crippen molar-refractivity contribution in [2.45, 2.75) is 136 Å². The van der Waals surface area contributed by atoms with Gasteiger partial charge in [-0.2, -0.15) is 19.9 Å². The van der Waals surface area contributed by atoms with E-state index in [2.05, 4.69) is 132 Å². The highest BCUT2D eigenvalue weighted by atomic mass is 35.5. The summed E-state index contributed by atoms with van der Waals surface area (Å²) in [7, 11) is -6.08. The highest BCUT2D eigenvalue weighted by Crippen LogP contribution is 2.34. The molecule has 0 aliphatic carbocycles. The third-order valence-electron chi connectivity index (χ3n) is 17.1. The molecule has 117 heavy (non-hydrogen) atoms. The first-order valence-corrected chi connectivity index (χ1v) is 54.0. The molecule has 0 fully saturated rings. The van der Waals surface area contributed by atoms with Crippen LogP contribution in [0.4, 0.5) is 17.1 Å². The van der Waals surface area contributed by atoms with Gasteiger partial charge in [0.2, 0.25) is 26.4 Å². The van der Waals surface area contributed by atoms with Crippen LogP contribution >= 0.6 is 69.6 Å². The molecule has 27 nitrogen and oxygen atoms in total. The number of ether oxygens (including phenoxy) is 4. The van der Waals surface area contributed by atoms with Crippen molar-refractivity contribution in [2.24, 2.45) is 0 Å². The lowest BCUT2D eigenvalue weighted by Gasteiger charge is -2.15. The molecule has 0 aliphatic rings. The predicted molar refractivity (Wildman–Crippen MR) is 482 cm³/mol. The van der Waals surface area contributed by atoms with E-state index in [0.29, 0.717) is 73.3 Å². The van der Waals surface area contributed by atoms with E-state index in [4.69, 9.17) is 104 Å². The number of nitro groups is 2. The maximum absolute atomic E-state index is 11.7. The third kappa shape index (κ3) is 31.1. The fraction of sp³-hybridized carbons (Fsp3) is 0.316. The SMILES string of the molecule is C=CC(=O)Cc1cccc(-c2nc(Cl)nc3c2ccn3COCC[Si](C)(C)C)c1.C=CC(=O)Cl.C[Si](C)(C)CCOCn1ccc2c(-c3cccc(N)c3)nc(Cl)nc21.C[Si](C)(C)CCOCn1ccc2c(-c3cccc([N+](=O)[O-])c3)nc(Cl)nc21.C[Si](C)(C)CCOCn1ccc2c(Cl)nc(Cl)nc21.O=[N+]([O-])c1cccc(B(O)O)c1. The van der Waals surface area contributed by atoms with Gasteiger partial charge in [-0.05, 0) is 148 Å². The number of nitrogen functional groups attached to an aromatic ring is 1. The zero-order valence-corrected chi connectivity index (χ0v) is 75.8. The van der Waals surface area contributed by atoms with Gasteiger partial charge in [0.05, 0.1) is 32.3 Å². The molecule has 4 N–H and O–H groups in total. The number of rotatable bonds is 30. The minimum Gasteiger partial charge on any atom is -0.423 e. The Morgan fingerprint density at radius 2 is 0.786 bits per heavy atom. The quantitative estimate of drug-likeness (QED) is 0.00433. The van der Waals surface area contributed by atoms with Gasteiger partial charge in [0, 0.05) is 153 Å². The van der Waals surface area contributed by atoms with Crippen molar-refractivity contribution in [1.82, 2.24) is 58.1 Å². The Bertz CT molecular complexity index is 5420. The zero-order valence-electron chi connectivity index (χ0n) is 67.3. The van der Waals surface area contributed by atoms with E-state index in [1.54, 1.807) is 12.1 Å². The van der Waals surface area contributed by atoms with Crippen LogP contribution in [0.25, 0.3) is 77.9 Å². The summed E-state index contributed by atoms with van der Waals surface area (Å²) in [5.41, 5.74) is 14.8. The molecule has 0 spiro atoms. The molecule has 0 unspecified atom stereocenters. The summed E-state index contributed by atoms with van der Waals surface area (Å²) >= 11 is 35.1. The second kappa shape index (κ2) is 44.3. The summed E-state index contributed by atoms with van der Waals surface area (Å²) in [4.78, 5) is 75.8. The molecular weight excluding hydrogens is 1690 g/mol. The molecule has 0 saturated heterocycles. The zero-order chi connectivity index (χ0) is 86.1. The average molecular weight is 1780 g/mol. The Kier molecular flexibility index (Phi) is 36.1. The first-order chi connectivity index (χ1) is 55.1. The third-order valence-corrected chi connectivity index (χ3v) is 25.0. The maximum atomic E-state index is 11.7. The number of benzene rings is 4. The van der Waals surface area contributed by atoms with E-state index in [0.717, 1.165) is 117 Å². The fourth-order valence-corrected chi connectivity index (χ4v) is 14.7. The van der Waals surface area contributed by atoms with Crippen LogP contribution in [-0.2, 0) is 61.9 Å². The van der Waals surface area contributed by atoms with Gasteiger partial charge in [-0.25, -0.2) is 19.9 Å². The Balaban J connectivity index is 0.000000203. The predicted octanol–water partition coefficient (Wildman–Crippen LogP) is 19.2. The number of hydrogen-bond acceptors (Lipinski definition) is 21. The van der Waals surface area contributed by atoms with Crippen LogP contribution in [0.2, 0.25) is 129 Å². The lowest BCUT2D eigenvalue weighted by molar-refractivity contribution is -0.385. The summed E-state index contributed by atoms with van der Waals surface area (Å²) in [6.07, 6.45) is 10.3. The molecule has 0 aliphatic heterocycles. The minimum atomic E-state index is -1.66. The monoisotopic (exact) mass is 1780 g/mol. The smallest absolute Gasteiger partial charge is 0.423 e. The molecule has 0 saturated carbocycles. The number of carbonyl (C=O) groups is 2. The molecule has 0 atom stereocenters. The normalized spacial score (nSPS) is 11.5. The van der Waals surface area contributed by atoms with E-state index >= 15 is 0 Å². The van der Waals surface area contributed by atoms with Gasteiger partial charge in [-0.15, -0.1) is 0 Å². The second-order valence-electron chi connectivity index (χ2n) is 31.5. The lowest BCUT2D eigenvalue weighted by atomic mass is 9.80. The van der Waals surface area contributed by atoms with Crippen LogP contribution in [0.3, 0.4) is 0 Å². The first-order valence-electron chi connectivity index (χ1n) is 36.9. The van der Waals surface area contributed by atoms with Gasteiger partial charge in [0.25, 0.3) is 11.4 Å². The summed E-state index contributed by atoms with van der Waals surface area (Å²) in [5.74, 6) is -0.0189. The van der Waals surface area contributed by atoms with Crippen LogP contribution in [0, 0.1) is 20.2 Å². The summed E-state index contributed by atoms with van der Waals surface area (Å²) in [6.45, 7) is 39.2. The van der Waals surface area contributed by atoms with E-state index in [-0.39, 0.29) is 43.8 Å². The van der Waals surface area contributed by atoms with Crippen LogP contribution in [0.1, 0.15) is 5.56 Å². The molecule has 8 aromatic heterocycles. The van der Waals surface area contributed by atoms with Gasteiger partial charge in [0.15, 0.2) is 5.78 Å². The largest absolute Gasteiger partial charge is 0.488 e. The summed E-state index contributed by atoms with van der Waals surface area (Å²) < 4.78 is 30.9. The topological polar surface area (TPSA) is 347 Å². The number of aromatic nitrogens is 12. The standard InChI is InChI=1S/C22H26ClN3O2Si.C18H21ClN4O3Si.C18H23ClN4OSi.C12H17Cl2N3OSi.C6H6BNO4.C3H3ClO/c1-5-18(27)14-16-7-6-8-17(13-16)20-19-9-10-26(21(19)25-22(23)24-20)15-28-11-12-29(2,3)4;1-27(2,3)10-9-26-12-22-8-7-15-16(20-18(19)21-17(15)22)13-5-4-6-14(11-13)23(24)25;1-25(2,3)10-9-24-12-23-8-7-15-16(21-18(19)22-17(15)23)13-5-4-6-14(20)11-13;1-19(2,3)7-6-18-8-17-5-4-9-10(13)15-12(14)16-11(9)17;9-7(10)5-2-1-3-6(4-5)8(11)12;1-2-3(4)5/h5-10,13H,1,11-12,14-15H2,2-4H3;4-8,11H,9-10,12H2,1-3H3;4-8,11H,9-10,12,20H2,1-3H3;4-5H,6-8H2,1-3H3;1-4,9-10H;2H,1H2. The molecule has 0 amide bonds. The van der Waals surface area contributed by atoms with Crippen molar-refractivity contribution >= 4 is 187 Å². The highest BCUT2D eigenvalue weighted by Gasteiger charge is 2.22. The molecule has 0 radical (unpaired) electrons. The Hall–Kier alpha value is -8.79. The van der Waals surface area contributed by atoms with Crippen LogP contribution in [0.5, 0.6) is 0 Å². The molecule has 0 bridgehead atoms. The number of nitrogens with two attached hydrogens (primary N) is 1. The van der Waals surface area contributed by atoms with E-state index in [9.17, 15) is 29.8 Å². The van der Waals surface area contributed by atoms with E-state index < -0.39 is 54.5 Å². The van der Waals surface area contributed by atoms with Gasteiger partial charge >= 0.3 is 7.12 Å². The van der Waals surface area contributed by atoms with Gasteiger partial charge < -0.3 is 53.0 Å². The van der Waals surface area contributed by atoms with Crippen molar-refractivity contribution < 1.29 is 48.4 Å². The minimum absolute atomic E-state index is 0.00416. The number of nitrogens with zero attached hydrogens (tertiary/aromatic N) is 14. The van der Waals surface area contributed by atoms with Crippen molar-refractivity contribution in [3.63, 3.8) is 0 Å². The molecule has 12 rings (SSSR count). The number of ketones is 1. The van der Waals surface area contributed by atoms with Crippen molar-refractivity contribution in [1.29, 1.82) is 0 Å². The molecule has 38 heteroatoms. The number of halogens is 6. The van der Waals surface area contributed by atoms with E-state index in [1.807, 2.05) is 116 Å². The summed E-state index contributed by atoms with van der Waals surface area (Å²) in [5, 5.41) is 42.5. The second-order valence-corrected chi connectivity index (χ2v) is 56.1. The van der Waals surface area contributed by atoms with Crippen molar-refractivity contribution in [2.75, 3.05) is 32.2 Å². The van der Waals surface area contributed by atoms with Gasteiger partial charge in [0.1, 0.15) is 54.7 Å². The Labute approximate surface area is 713 Å². The maximum Gasteiger partial charge on any atom is 0.488 e. The number of carbonyl (C=O) groups excluding carboxylic acids is 2.